The SMILES string of the molecule is CC(C)(C)C(NCCCC(=O)O)c1ccc(F)cc1. The van der Waals surface area contributed by atoms with Crippen molar-refractivity contribution >= 4 is 5.97 Å². The molecule has 0 bridgehead atoms. The molecule has 1 aromatic carbocycles. The van der Waals surface area contributed by atoms with Crippen LogP contribution in [0, 0.1) is 11.2 Å². The second-order valence-corrected chi connectivity index (χ2v) is 5.80. The van der Waals surface area contributed by atoms with Crippen LogP contribution in [-0.2, 0) is 4.79 Å². The van der Waals surface area contributed by atoms with Gasteiger partial charge in [-0.2, -0.15) is 0 Å². The van der Waals surface area contributed by atoms with Gasteiger partial charge in [-0.15, -0.1) is 0 Å². The summed E-state index contributed by atoms with van der Waals surface area (Å²) in [6.45, 7) is 6.94. The lowest BCUT2D eigenvalue weighted by molar-refractivity contribution is -0.137. The Morgan fingerprint density at radius 2 is 1.89 bits per heavy atom. The molecule has 0 aliphatic heterocycles. The fourth-order valence-electron chi connectivity index (χ4n) is 2.07. The van der Waals surface area contributed by atoms with Gasteiger partial charge in [0.25, 0.3) is 0 Å². The first-order chi connectivity index (χ1) is 8.80. The standard InChI is InChI=1S/C15H22FNO2/c1-15(2,3)14(17-10-4-5-13(18)19)11-6-8-12(16)9-7-11/h6-9,14,17H,4-5,10H2,1-3H3,(H,18,19). The molecule has 19 heavy (non-hydrogen) atoms. The molecular weight excluding hydrogens is 245 g/mol. The normalized spacial score (nSPS) is 13.3. The van der Waals surface area contributed by atoms with E-state index in [0.717, 1.165) is 5.56 Å². The van der Waals surface area contributed by atoms with Gasteiger partial charge in [0.05, 0.1) is 0 Å². The zero-order valence-corrected chi connectivity index (χ0v) is 11.7. The second kappa shape index (κ2) is 6.66. The maximum Gasteiger partial charge on any atom is 0.303 e. The summed E-state index contributed by atoms with van der Waals surface area (Å²) in [5.41, 5.74) is 0.991. The lowest BCUT2D eigenvalue weighted by Gasteiger charge is -2.32. The molecule has 2 N–H and O–H groups in total. The summed E-state index contributed by atoms with van der Waals surface area (Å²) in [6.07, 6.45) is 0.746. The van der Waals surface area contributed by atoms with Gasteiger partial charge in [0, 0.05) is 12.5 Å². The minimum absolute atomic E-state index is 0.0267. The van der Waals surface area contributed by atoms with Crippen LogP contribution >= 0.6 is 0 Å². The molecule has 0 aliphatic carbocycles. The van der Waals surface area contributed by atoms with Crippen molar-refractivity contribution in [1.29, 1.82) is 0 Å². The maximum atomic E-state index is 13.0. The highest BCUT2D eigenvalue weighted by molar-refractivity contribution is 5.66. The number of halogens is 1. The summed E-state index contributed by atoms with van der Waals surface area (Å²) in [4.78, 5) is 10.5. The van der Waals surface area contributed by atoms with Gasteiger partial charge in [-0.1, -0.05) is 32.9 Å². The average molecular weight is 267 g/mol. The van der Waals surface area contributed by atoms with E-state index < -0.39 is 5.97 Å². The Balaban J connectivity index is 2.68. The van der Waals surface area contributed by atoms with Crippen LogP contribution in [0.2, 0.25) is 0 Å². The molecule has 1 rings (SSSR count). The largest absolute Gasteiger partial charge is 0.481 e. The third-order valence-electron chi connectivity index (χ3n) is 2.99. The highest BCUT2D eigenvalue weighted by atomic mass is 19.1. The van der Waals surface area contributed by atoms with Crippen molar-refractivity contribution in [2.75, 3.05) is 6.54 Å². The molecule has 0 radical (unpaired) electrons. The van der Waals surface area contributed by atoms with Crippen molar-refractivity contribution in [2.24, 2.45) is 5.41 Å². The topological polar surface area (TPSA) is 49.3 Å². The van der Waals surface area contributed by atoms with Gasteiger partial charge in [0.15, 0.2) is 0 Å². The molecule has 0 fully saturated rings. The van der Waals surface area contributed by atoms with Gasteiger partial charge in [-0.05, 0) is 36.1 Å². The Morgan fingerprint density at radius 3 is 2.37 bits per heavy atom. The van der Waals surface area contributed by atoms with Crippen LogP contribution in [0.5, 0.6) is 0 Å². The molecule has 0 saturated heterocycles. The minimum atomic E-state index is -0.782. The highest BCUT2D eigenvalue weighted by Gasteiger charge is 2.25. The third kappa shape index (κ3) is 5.39. The molecule has 1 unspecified atom stereocenters. The number of rotatable bonds is 6. The Bertz CT molecular complexity index is 409. The number of carbonyl (C=O) groups is 1. The first-order valence-electron chi connectivity index (χ1n) is 6.51. The zero-order chi connectivity index (χ0) is 14.5. The van der Waals surface area contributed by atoms with Gasteiger partial charge in [-0.3, -0.25) is 4.79 Å². The monoisotopic (exact) mass is 267 g/mol. The van der Waals surface area contributed by atoms with E-state index in [1.54, 1.807) is 12.1 Å². The smallest absolute Gasteiger partial charge is 0.303 e. The summed E-state index contributed by atoms with van der Waals surface area (Å²) in [5, 5.41) is 12.0. The molecule has 1 atom stereocenters. The van der Waals surface area contributed by atoms with E-state index in [1.165, 1.54) is 12.1 Å². The molecule has 0 heterocycles. The molecule has 0 spiro atoms. The predicted molar refractivity (Wildman–Crippen MR) is 73.5 cm³/mol. The summed E-state index contributed by atoms with van der Waals surface area (Å²) >= 11 is 0. The van der Waals surface area contributed by atoms with Crippen molar-refractivity contribution in [3.05, 3.63) is 35.6 Å². The molecule has 0 saturated carbocycles. The lowest BCUT2D eigenvalue weighted by Crippen LogP contribution is -2.33. The summed E-state index contributed by atoms with van der Waals surface area (Å²) < 4.78 is 13.0. The predicted octanol–water partition coefficient (Wildman–Crippen LogP) is 3.37. The fraction of sp³-hybridized carbons (Fsp3) is 0.533. The van der Waals surface area contributed by atoms with Crippen molar-refractivity contribution in [2.45, 2.75) is 39.7 Å². The van der Waals surface area contributed by atoms with Gasteiger partial charge in [0.1, 0.15) is 5.82 Å². The Kier molecular flexibility index (Phi) is 5.48. The molecular formula is C15H22FNO2. The first-order valence-corrected chi connectivity index (χ1v) is 6.51. The van der Waals surface area contributed by atoms with Gasteiger partial charge in [-0.25, -0.2) is 4.39 Å². The van der Waals surface area contributed by atoms with E-state index in [2.05, 4.69) is 26.1 Å². The molecule has 0 aliphatic rings. The zero-order valence-electron chi connectivity index (χ0n) is 11.7. The number of carboxylic acids is 1. The molecule has 4 heteroatoms. The van der Waals surface area contributed by atoms with Crippen LogP contribution in [0.15, 0.2) is 24.3 Å². The summed E-state index contributed by atoms with van der Waals surface area (Å²) in [7, 11) is 0. The van der Waals surface area contributed by atoms with E-state index in [4.69, 9.17) is 5.11 Å². The van der Waals surface area contributed by atoms with Gasteiger partial charge < -0.3 is 10.4 Å². The first kappa shape index (κ1) is 15.6. The molecule has 3 nitrogen and oxygen atoms in total. The molecule has 1 aromatic rings. The quantitative estimate of drug-likeness (QED) is 0.777. The van der Waals surface area contributed by atoms with Crippen LogP contribution in [-0.4, -0.2) is 17.6 Å². The van der Waals surface area contributed by atoms with Crippen molar-refractivity contribution < 1.29 is 14.3 Å². The maximum absolute atomic E-state index is 13.0. The molecule has 106 valence electrons. The van der Waals surface area contributed by atoms with E-state index >= 15 is 0 Å². The number of hydrogen-bond acceptors (Lipinski definition) is 2. The van der Waals surface area contributed by atoms with Crippen LogP contribution in [0.25, 0.3) is 0 Å². The summed E-state index contributed by atoms with van der Waals surface area (Å²) in [5.74, 6) is -1.03. The van der Waals surface area contributed by atoms with E-state index in [-0.39, 0.29) is 23.7 Å². The number of benzene rings is 1. The lowest BCUT2D eigenvalue weighted by atomic mass is 9.82. The number of hydrogen-bond donors (Lipinski definition) is 2. The Labute approximate surface area is 113 Å². The Hall–Kier alpha value is -1.42. The fourth-order valence-corrected chi connectivity index (χ4v) is 2.07. The van der Waals surface area contributed by atoms with Gasteiger partial charge in [0.2, 0.25) is 0 Å². The van der Waals surface area contributed by atoms with Crippen LogP contribution in [0.3, 0.4) is 0 Å². The van der Waals surface area contributed by atoms with Crippen molar-refractivity contribution in [1.82, 2.24) is 5.32 Å². The van der Waals surface area contributed by atoms with E-state index in [0.29, 0.717) is 13.0 Å². The molecule has 0 aromatic heterocycles. The van der Waals surface area contributed by atoms with Crippen LogP contribution in [0.4, 0.5) is 4.39 Å². The third-order valence-corrected chi connectivity index (χ3v) is 2.99. The van der Waals surface area contributed by atoms with Crippen molar-refractivity contribution in [3.63, 3.8) is 0 Å². The second-order valence-electron chi connectivity index (χ2n) is 5.80. The number of nitrogens with one attached hydrogen (secondary N) is 1. The number of aliphatic carboxylic acids is 1. The highest BCUT2D eigenvalue weighted by Crippen LogP contribution is 2.32. The van der Waals surface area contributed by atoms with E-state index in [1.807, 2.05) is 0 Å². The van der Waals surface area contributed by atoms with Crippen LogP contribution in [0.1, 0.15) is 45.2 Å². The van der Waals surface area contributed by atoms with Crippen LogP contribution < -0.4 is 5.32 Å². The van der Waals surface area contributed by atoms with Crippen molar-refractivity contribution in [3.8, 4) is 0 Å². The summed E-state index contributed by atoms with van der Waals surface area (Å²) in [6, 6.07) is 6.52. The molecule has 0 amide bonds. The van der Waals surface area contributed by atoms with E-state index in [9.17, 15) is 9.18 Å². The number of carboxylic acid groups (broad SMARTS) is 1. The Morgan fingerprint density at radius 1 is 1.32 bits per heavy atom. The van der Waals surface area contributed by atoms with Gasteiger partial charge >= 0.3 is 5.97 Å². The average Bonchev–Trinajstić information content (AvgIpc) is 2.29. The minimum Gasteiger partial charge on any atom is -0.481 e.